The molecular weight excluding hydrogens is 296 g/mol. The third-order valence-corrected chi connectivity index (χ3v) is 7.26. The Balaban J connectivity index is 1.81. The van der Waals surface area contributed by atoms with Crippen molar-refractivity contribution >= 4 is 5.91 Å². The molecule has 1 unspecified atom stereocenters. The summed E-state index contributed by atoms with van der Waals surface area (Å²) in [6.07, 6.45) is 5.16. The van der Waals surface area contributed by atoms with Gasteiger partial charge in [-0.15, -0.1) is 0 Å². The summed E-state index contributed by atoms with van der Waals surface area (Å²) < 4.78 is 0. The average Bonchev–Trinajstić information content (AvgIpc) is 3.29. The van der Waals surface area contributed by atoms with E-state index in [4.69, 9.17) is 5.73 Å². The van der Waals surface area contributed by atoms with E-state index in [2.05, 4.69) is 31.7 Å². The molecule has 1 aromatic carbocycles. The standard InChI is InChI=1S/C21H30N2O/c1-12-9-16-10-17-14(3)21(4,7-8-23(17)11-15-5-6-15)19(16)13(2)18(12)20(22)24/h9,14-15,17H,5-8,10-11H2,1-4H3,(H2,22,24)/t14-,17?,21-/m0/s1. The molecule has 0 spiro atoms. The summed E-state index contributed by atoms with van der Waals surface area (Å²) in [4.78, 5) is 14.7. The van der Waals surface area contributed by atoms with Crippen LogP contribution in [0.25, 0.3) is 0 Å². The van der Waals surface area contributed by atoms with Crippen molar-refractivity contribution in [3.8, 4) is 0 Å². The number of fused-ring (bicyclic) bond motifs is 4. The number of nitrogens with zero attached hydrogens (tertiary/aromatic N) is 1. The molecule has 3 aliphatic rings. The van der Waals surface area contributed by atoms with Gasteiger partial charge in [0, 0.05) is 18.2 Å². The second kappa shape index (κ2) is 5.32. The fourth-order valence-electron chi connectivity index (χ4n) is 5.66. The van der Waals surface area contributed by atoms with Crippen LogP contribution in [0.3, 0.4) is 0 Å². The summed E-state index contributed by atoms with van der Waals surface area (Å²) in [5, 5.41) is 0. The summed E-state index contributed by atoms with van der Waals surface area (Å²) in [5.74, 6) is 1.29. The van der Waals surface area contributed by atoms with E-state index in [9.17, 15) is 4.79 Å². The van der Waals surface area contributed by atoms with Gasteiger partial charge < -0.3 is 5.73 Å². The van der Waals surface area contributed by atoms with Crippen LogP contribution < -0.4 is 5.73 Å². The van der Waals surface area contributed by atoms with Gasteiger partial charge in [0.25, 0.3) is 0 Å². The van der Waals surface area contributed by atoms with Gasteiger partial charge in [-0.05, 0) is 85.6 Å². The van der Waals surface area contributed by atoms with Gasteiger partial charge in [0.15, 0.2) is 0 Å². The van der Waals surface area contributed by atoms with E-state index in [1.54, 1.807) is 0 Å². The molecule has 4 rings (SSSR count). The van der Waals surface area contributed by atoms with Gasteiger partial charge >= 0.3 is 0 Å². The number of carbonyl (C=O) groups is 1. The van der Waals surface area contributed by atoms with Gasteiger partial charge in [-0.2, -0.15) is 0 Å². The van der Waals surface area contributed by atoms with Crippen molar-refractivity contribution in [3.05, 3.63) is 33.9 Å². The minimum absolute atomic E-state index is 0.167. The highest BCUT2D eigenvalue weighted by molar-refractivity contribution is 5.96. The summed E-state index contributed by atoms with van der Waals surface area (Å²) in [6.45, 7) is 11.5. The van der Waals surface area contributed by atoms with E-state index in [1.165, 1.54) is 43.5 Å². The number of benzene rings is 1. The molecule has 3 heteroatoms. The summed E-state index contributed by atoms with van der Waals surface area (Å²) in [7, 11) is 0. The van der Waals surface area contributed by atoms with Gasteiger partial charge in [-0.25, -0.2) is 0 Å². The van der Waals surface area contributed by atoms with Crippen LogP contribution in [0.5, 0.6) is 0 Å². The van der Waals surface area contributed by atoms with Crippen LogP contribution in [-0.4, -0.2) is 29.9 Å². The largest absolute Gasteiger partial charge is 0.366 e. The predicted octanol–water partition coefficient (Wildman–Crippen LogP) is 3.34. The lowest BCUT2D eigenvalue weighted by atomic mass is 9.57. The fraction of sp³-hybridized carbons (Fsp3) is 0.667. The lowest BCUT2D eigenvalue weighted by Crippen LogP contribution is -2.58. The molecule has 130 valence electrons. The number of aryl methyl sites for hydroxylation is 1. The van der Waals surface area contributed by atoms with E-state index >= 15 is 0 Å². The molecule has 2 aliphatic carbocycles. The predicted molar refractivity (Wildman–Crippen MR) is 97.4 cm³/mol. The van der Waals surface area contributed by atoms with Gasteiger partial charge in [-0.1, -0.05) is 19.9 Å². The number of amides is 1. The lowest BCUT2D eigenvalue weighted by Gasteiger charge is -2.55. The molecule has 1 aliphatic heterocycles. The highest BCUT2D eigenvalue weighted by Gasteiger charge is 2.50. The Bertz CT molecular complexity index is 706. The number of primary amides is 1. The van der Waals surface area contributed by atoms with Crippen molar-refractivity contribution in [2.45, 2.75) is 64.8 Å². The molecule has 1 heterocycles. The lowest BCUT2D eigenvalue weighted by molar-refractivity contribution is 0.0280. The topological polar surface area (TPSA) is 46.3 Å². The molecule has 0 radical (unpaired) electrons. The van der Waals surface area contributed by atoms with E-state index in [1.807, 2.05) is 6.92 Å². The first-order valence-corrected chi connectivity index (χ1v) is 9.50. The molecule has 1 saturated heterocycles. The Labute approximate surface area is 145 Å². The molecule has 3 nitrogen and oxygen atoms in total. The van der Waals surface area contributed by atoms with Crippen molar-refractivity contribution in [2.75, 3.05) is 13.1 Å². The van der Waals surface area contributed by atoms with Crippen LogP contribution in [0.1, 0.15) is 65.7 Å². The van der Waals surface area contributed by atoms with Crippen LogP contribution in [0.4, 0.5) is 0 Å². The molecule has 24 heavy (non-hydrogen) atoms. The number of likely N-dealkylation sites (tertiary alicyclic amines) is 1. The van der Waals surface area contributed by atoms with Crippen LogP contribution >= 0.6 is 0 Å². The molecule has 1 saturated carbocycles. The van der Waals surface area contributed by atoms with Crippen molar-refractivity contribution in [1.82, 2.24) is 4.90 Å². The first-order chi connectivity index (χ1) is 11.3. The number of carbonyl (C=O) groups excluding carboxylic acids is 1. The molecule has 2 N–H and O–H groups in total. The zero-order valence-electron chi connectivity index (χ0n) is 15.5. The van der Waals surface area contributed by atoms with Gasteiger partial charge in [0.05, 0.1) is 0 Å². The van der Waals surface area contributed by atoms with E-state index in [0.717, 1.165) is 29.0 Å². The highest BCUT2D eigenvalue weighted by Crippen LogP contribution is 2.51. The van der Waals surface area contributed by atoms with Crippen molar-refractivity contribution in [3.63, 3.8) is 0 Å². The van der Waals surface area contributed by atoms with Crippen LogP contribution in [0.2, 0.25) is 0 Å². The van der Waals surface area contributed by atoms with Crippen LogP contribution in [0.15, 0.2) is 6.07 Å². The Kier molecular flexibility index (Phi) is 3.58. The Hall–Kier alpha value is -1.35. The first-order valence-electron chi connectivity index (χ1n) is 9.50. The van der Waals surface area contributed by atoms with Crippen molar-refractivity contribution < 1.29 is 4.79 Å². The molecule has 2 bridgehead atoms. The third kappa shape index (κ3) is 2.24. The highest BCUT2D eigenvalue weighted by atomic mass is 16.1. The maximum Gasteiger partial charge on any atom is 0.249 e. The van der Waals surface area contributed by atoms with Gasteiger partial charge in [0.2, 0.25) is 5.91 Å². The smallest absolute Gasteiger partial charge is 0.249 e. The summed E-state index contributed by atoms with van der Waals surface area (Å²) >= 11 is 0. The molecule has 1 amide bonds. The van der Waals surface area contributed by atoms with E-state index < -0.39 is 0 Å². The van der Waals surface area contributed by atoms with Crippen LogP contribution in [0, 0.1) is 25.7 Å². The van der Waals surface area contributed by atoms with Gasteiger partial charge in [0.1, 0.15) is 0 Å². The normalized spacial score (nSPS) is 32.5. The Morgan fingerprint density at radius 2 is 2.08 bits per heavy atom. The van der Waals surface area contributed by atoms with E-state index in [-0.39, 0.29) is 11.3 Å². The summed E-state index contributed by atoms with van der Waals surface area (Å²) in [5.41, 5.74) is 11.7. The van der Waals surface area contributed by atoms with E-state index in [0.29, 0.717) is 12.0 Å². The Morgan fingerprint density at radius 1 is 1.38 bits per heavy atom. The third-order valence-electron chi connectivity index (χ3n) is 7.26. The number of hydrogen-bond acceptors (Lipinski definition) is 2. The number of nitrogens with two attached hydrogens (primary N) is 1. The second-order valence-electron chi connectivity index (χ2n) is 8.76. The maximum absolute atomic E-state index is 12.0. The Morgan fingerprint density at radius 3 is 2.71 bits per heavy atom. The molecular formula is C21H30N2O. The molecule has 0 aromatic heterocycles. The second-order valence-corrected chi connectivity index (χ2v) is 8.76. The maximum atomic E-state index is 12.0. The quantitative estimate of drug-likeness (QED) is 0.926. The molecule has 1 aromatic rings. The number of hydrogen-bond donors (Lipinski definition) is 1. The minimum atomic E-state index is -0.280. The number of piperidine rings is 1. The fourth-order valence-corrected chi connectivity index (χ4v) is 5.66. The van der Waals surface area contributed by atoms with Crippen LogP contribution in [-0.2, 0) is 11.8 Å². The molecule has 2 fully saturated rings. The molecule has 3 atom stereocenters. The van der Waals surface area contributed by atoms with Crippen molar-refractivity contribution in [1.29, 1.82) is 0 Å². The minimum Gasteiger partial charge on any atom is -0.366 e. The zero-order valence-corrected chi connectivity index (χ0v) is 15.5. The monoisotopic (exact) mass is 326 g/mol. The SMILES string of the molecule is Cc1cc2c(c(C)c1C(N)=O)[C@@]1(C)CCN(CC3CC3)C(C2)[C@@H]1C. The average molecular weight is 326 g/mol. The van der Waals surface area contributed by atoms with Gasteiger partial charge in [-0.3, -0.25) is 9.69 Å². The summed E-state index contributed by atoms with van der Waals surface area (Å²) in [6, 6.07) is 2.90. The first kappa shape index (κ1) is 16.1. The number of rotatable bonds is 3. The van der Waals surface area contributed by atoms with Crippen molar-refractivity contribution in [2.24, 2.45) is 17.6 Å². The zero-order chi connectivity index (χ0) is 17.2.